The summed E-state index contributed by atoms with van der Waals surface area (Å²) in [7, 11) is 0. The smallest absolute Gasteiger partial charge is 0.371 e. The van der Waals surface area contributed by atoms with Gasteiger partial charge in [0.05, 0.1) is 21.8 Å². The number of piperidine rings is 1. The van der Waals surface area contributed by atoms with Gasteiger partial charge in [0.25, 0.3) is 5.91 Å². The van der Waals surface area contributed by atoms with Crippen molar-refractivity contribution in [3.05, 3.63) is 28.3 Å². The predicted molar refractivity (Wildman–Crippen MR) is 101 cm³/mol. The fraction of sp³-hybridized carbons (Fsp3) is 0.632. The molecule has 2 aliphatic heterocycles. The molecule has 2 aliphatic rings. The Hall–Kier alpha value is -1.61. The number of amides is 1. The van der Waals surface area contributed by atoms with Crippen molar-refractivity contribution in [2.45, 2.75) is 50.2 Å². The van der Waals surface area contributed by atoms with Crippen molar-refractivity contribution in [3.8, 4) is 0 Å². The lowest BCUT2D eigenvalue weighted by atomic mass is 10.0. The summed E-state index contributed by atoms with van der Waals surface area (Å²) in [4.78, 5) is 14.3. The third-order valence-electron chi connectivity index (χ3n) is 5.33. The molecule has 29 heavy (non-hydrogen) atoms. The average Bonchev–Trinajstić information content (AvgIpc) is 2.82. The topological polar surface area (TPSA) is 44.4 Å². The van der Waals surface area contributed by atoms with E-state index in [1.54, 1.807) is 0 Å². The fourth-order valence-corrected chi connectivity index (χ4v) is 4.04. The molecule has 0 aliphatic carbocycles. The molecule has 0 aromatic heterocycles. The SMILES string of the molecule is O=C(NC1CCCNC1)c1cc(Cl)c(C(F)(F)F)cc1N1CCCC(F)(F)CC1. The van der Waals surface area contributed by atoms with Gasteiger partial charge in [-0.1, -0.05) is 11.6 Å². The molecule has 3 rings (SSSR count). The standard InChI is InChI=1S/C19H23ClF5N3O/c20-15-9-13(17(29)27-12-3-1-6-26-11-12)16(10-14(15)19(23,24)25)28-7-2-4-18(21,22)5-8-28/h9-10,12,26H,1-8,11H2,(H,27,29). The molecule has 2 fully saturated rings. The van der Waals surface area contributed by atoms with E-state index in [0.29, 0.717) is 6.54 Å². The fourth-order valence-electron chi connectivity index (χ4n) is 3.77. The van der Waals surface area contributed by atoms with E-state index in [0.717, 1.165) is 31.5 Å². The van der Waals surface area contributed by atoms with E-state index >= 15 is 0 Å². The minimum Gasteiger partial charge on any atom is -0.371 e. The summed E-state index contributed by atoms with van der Waals surface area (Å²) in [6, 6.07) is 1.65. The van der Waals surface area contributed by atoms with Crippen LogP contribution in [0.1, 0.15) is 48.0 Å². The van der Waals surface area contributed by atoms with E-state index in [4.69, 9.17) is 11.6 Å². The molecule has 2 saturated heterocycles. The highest BCUT2D eigenvalue weighted by Gasteiger charge is 2.37. The van der Waals surface area contributed by atoms with Crippen molar-refractivity contribution in [3.63, 3.8) is 0 Å². The molecule has 162 valence electrons. The molecular weight excluding hydrogens is 417 g/mol. The molecule has 1 amide bonds. The van der Waals surface area contributed by atoms with Gasteiger partial charge in [-0.05, 0) is 37.9 Å². The number of nitrogens with zero attached hydrogens (tertiary/aromatic N) is 1. The highest BCUT2D eigenvalue weighted by molar-refractivity contribution is 6.32. The Morgan fingerprint density at radius 1 is 1.21 bits per heavy atom. The monoisotopic (exact) mass is 439 g/mol. The van der Waals surface area contributed by atoms with Crippen LogP contribution in [0.4, 0.5) is 27.6 Å². The third kappa shape index (κ3) is 5.51. The second-order valence-electron chi connectivity index (χ2n) is 7.56. The van der Waals surface area contributed by atoms with Gasteiger partial charge in [-0.3, -0.25) is 4.79 Å². The van der Waals surface area contributed by atoms with Crippen LogP contribution in [0.3, 0.4) is 0 Å². The molecule has 2 heterocycles. The van der Waals surface area contributed by atoms with E-state index in [9.17, 15) is 26.7 Å². The van der Waals surface area contributed by atoms with Crippen molar-refractivity contribution in [1.82, 2.24) is 10.6 Å². The number of carbonyl (C=O) groups is 1. The van der Waals surface area contributed by atoms with E-state index in [-0.39, 0.29) is 43.2 Å². The number of alkyl halides is 5. The largest absolute Gasteiger partial charge is 0.417 e. The number of halogens is 6. The van der Waals surface area contributed by atoms with E-state index < -0.39 is 35.0 Å². The van der Waals surface area contributed by atoms with Gasteiger partial charge in [-0.15, -0.1) is 0 Å². The zero-order chi connectivity index (χ0) is 21.2. The summed E-state index contributed by atoms with van der Waals surface area (Å²) in [5.74, 6) is -3.43. The zero-order valence-corrected chi connectivity index (χ0v) is 16.5. The maximum atomic E-state index is 13.7. The maximum Gasteiger partial charge on any atom is 0.417 e. The molecule has 1 aromatic rings. The molecule has 1 atom stereocenters. The first-order valence-corrected chi connectivity index (χ1v) is 10.00. The first-order valence-electron chi connectivity index (χ1n) is 9.62. The molecule has 0 spiro atoms. The van der Waals surface area contributed by atoms with Gasteiger partial charge in [0.2, 0.25) is 5.92 Å². The van der Waals surface area contributed by atoms with Gasteiger partial charge in [-0.2, -0.15) is 13.2 Å². The van der Waals surface area contributed by atoms with Crippen molar-refractivity contribution in [2.24, 2.45) is 0 Å². The molecule has 4 nitrogen and oxygen atoms in total. The Kier molecular flexibility index (Phi) is 6.57. The highest BCUT2D eigenvalue weighted by Crippen LogP contribution is 2.40. The molecule has 10 heteroatoms. The van der Waals surface area contributed by atoms with Crippen LogP contribution in [0.5, 0.6) is 0 Å². The molecule has 0 saturated carbocycles. The minimum absolute atomic E-state index is 0.0132. The number of hydrogen-bond donors (Lipinski definition) is 2. The van der Waals surface area contributed by atoms with E-state index in [1.807, 2.05) is 0 Å². The van der Waals surface area contributed by atoms with Gasteiger partial charge in [0, 0.05) is 38.5 Å². The third-order valence-corrected chi connectivity index (χ3v) is 5.64. The van der Waals surface area contributed by atoms with Crippen LogP contribution in [0.25, 0.3) is 0 Å². The summed E-state index contributed by atoms with van der Waals surface area (Å²) in [6.45, 7) is 1.40. The molecule has 0 radical (unpaired) electrons. The maximum absolute atomic E-state index is 13.7. The Morgan fingerprint density at radius 3 is 2.62 bits per heavy atom. The van der Waals surface area contributed by atoms with Crippen LogP contribution in [-0.4, -0.2) is 44.1 Å². The second-order valence-corrected chi connectivity index (χ2v) is 7.97. The van der Waals surface area contributed by atoms with Crippen LogP contribution < -0.4 is 15.5 Å². The van der Waals surface area contributed by atoms with Crippen LogP contribution in [-0.2, 0) is 6.18 Å². The first kappa shape index (κ1) is 22.1. The van der Waals surface area contributed by atoms with E-state index in [1.165, 1.54) is 4.90 Å². The summed E-state index contributed by atoms with van der Waals surface area (Å²) in [5, 5.41) is 5.37. The Morgan fingerprint density at radius 2 is 1.97 bits per heavy atom. The second kappa shape index (κ2) is 8.63. The van der Waals surface area contributed by atoms with Crippen molar-refractivity contribution in [2.75, 3.05) is 31.1 Å². The van der Waals surface area contributed by atoms with Crippen molar-refractivity contribution in [1.29, 1.82) is 0 Å². The predicted octanol–water partition coefficient (Wildman–Crippen LogP) is 4.47. The van der Waals surface area contributed by atoms with Gasteiger partial charge in [-0.25, -0.2) is 8.78 Å². The normalized spacial score (nSPS) is 22.8. The number of anilines is 1. The van der Waals surface area contributed by atoms with Crippen molar-refractivity contribution >= 4 is 23.2 Å². The Labute approximate surface area is 170 Å². The minimum atomic E-state index is -4.72. The summed E-state index contributed by atoms with van der Waals surface area (Å²) in [5.41, 5.74) is -1.12. The first-order chi connectivity index (χ1) is 13.6. The molecule has 2 N–H and O–H groups in total. The van der Waals surface area contributed by atoms with Crippen LogP contribution in [0, 0.1) is 0 Å². The number of nitrogens with one attached hydrogen (secondary N) is 2. The molecule has 1 aromatic carbocycles. The lowest BCUT2D eigenvalue weighted by Gasteiger charge is -2.28. The summed E-state index contributed by atoms with van der Waals surface area (Å²) in [6.07, 6.45) is -3.80. The quantitative estimate of drug-likeness (QED) is 0.683. The van der Waals surface area contributed by atoms with E-state index in [2.05, 4.69) is 10.6 Å². The van der Waals surface area contributed by atoms with Gasteiger partial charge in [0.15, 0.2) is 0 Å². The average molecular weight is 440 g/mol. The van der Waals surface area contributed by atoms with Gasteiger partial charge in [0.1, 0.15) is 0 Å². The van der Waals surface area contributed by atoms with Crippen LogP contribution >= 0.6 is 11.6 Å². The zero-order valence-electron chi connectivity index (χ0n) is 15.7. The van der Waals surface area contributed by atoms with Crippen molar-refractivity contribution < 1.29 is 26.7 Å². The number of carbonyl (C=O) groups excluding carboxylic acids is 1. The Balaban J connectivity index is 1.95. The van der Waals surface area contributed by atoms with Gasteiger partial charge >= 0.3 is 6.18 Å². The molecule has 1 unspecified atom stereocenters. The summed E-state index contributed by atoms with van der Waals surface area (Å²) >= 11 is 5.84. The lowest BCUT2D eigenvalue weighted by Crippen LogP contribution is -2.46. The number of benzene rings is 1. The number of hydrogen-bond acceptors (Lipinski definition) is 3. The highest BCUT2D eigenvalue weighted by atomic mass is 35.5. The molecule has 0 bridgehead atoms. The summed E-state index contributed by atoms with van der Waals surface area (Å²) < 4.78 is 67.6. The molecular formula is C19H23ClF5N3O. The van der Waals surface area contributed by atoms with Crippen LogP contribution in [0.15, 0.2) is 12.1 Å². The van der Waals surface area contributed by atoms with Crippen LogP contribution in [0.2, 0.25) is 5.02 Å². The number of rotatable bonds is 3. The lowest BCUT2D eigenvalue weighted by molar-refractivity contribution is -0.137. The van der Waals surface area contributed by atoms with Gasteiger partial charge < -0.3 is 15.5 Å². The Bertz CT molecular complexity index is 750.